The van der Waals surface area contributed by atoms with Crippen molar-refractivity contribution in [3.8, 4) is 0 Å². The predicted octanol–water partition coefficient (Wildman–Crippen LogP) is -0.185. The van der Waals surface area contributed by atoms with Crippen LogP contribution < -0.4 is 5.73 Å². The Labute approximate surface area is 70.1 Å². The maximum atomic E-state index is 11.2. The first-order valence-electron chi connectivity index (χ1n) is 3.97. The number of carbonyl (C=O) groups is 2. The van der Waals surface area contributed by atoms with Gasteiger partial charge in [-0.25, -0.2) is 0 Å². The highest BCUT2D eigenvalue weighted by atomic mass is 16.5. The highest BCUT2D eigenvalue weighted by Gasteiger charge is 2.82. The molecule has 2 rings (SSSR count). The largest absolute Gasteiger partial charge is 0.469 e. The van der Waals surface area contributed by atoms with Crippen molar-refractivity contribution in [3.63, 3.8) is 0 Å². The molecule has 0 saturated heterocycles. The van der Waals surface area contributed by atoms with Crippen LogP contribution in [0.5, 0.6) is 0 Å². The third-order valence-electron chi connectivity index (χ3n) is 3.42. The van der Waals surface area contributed by atoms with Gasteiger partial charge in [0.25, 0.3) is 0 Å². The number of ether oxygens (including phenoxy) is 1. The fourth-order valence-electron chi connectivity index (χ4n) is 2.39. The summed E-state index contributed by atoms with van der Waals surface area (Å²) >= 11 is 0. The number of hydrogen-bond donors (Lipinski definition) is 1. The molecule has 0 heterocycles. The van der Waals surface area contributed by atoms with Gasteiger partial charge in [0.2, 0.25) is 5.91 Å². The smallest absolute Gasteiger partial charge is 0.312 e. The average Bonchev–Trinajstić information content (AvgIpc) is 2.50. The second-order valence-corrected chi connectivity index (χ2v) is 3.70. The van der Waals surface area contributed by atoms with Gasteiger partial charge in [0.05, 0.1) is 17.9 Å². The molecule has 0 aromatic carbocycles. The topological polar surface area (TPSA) is 69.4 Å². The molecule has 0 radical (unpaired) electrons. The second kappa shape index (κ2) is 1.81. The maximum absolute atomic E-state index is 11.2. The Morgan fingerprint density at radius 3 is 2.17 bits per heavy atom. The molecule has 0 aromatic rings. The summed E-state index contributed by atoms with van der Waals surface area (Å²) in [5.74, 6) is -0.619. The Morgan fingerprint density at radius 2 is 1.92 bits per heavy atom. The monoisotopic (exact) mass is 169 g/mol. The van der Waals surface area contributed by atoms with E-state index in [9.17, 15) is 9.59 Å². The average molecular weight is 169 g/mol. The van der Waals surface area contributed by atoms with Crippen LogP contribution in [-0.4, -0.2) is 19.0 Å². The summed E-state index contributed by atoms with van der Waals surface area (Å²) in [5.41, 5.74) is 4.16. The van der Waals surface area contributed by atoms with Gasteiger partial charge in [-0.1, -0.05) is 0 Å². The van der Waals surface area contributed by atoms with Crippen LogP contribution in [0.2, 0.25) is 0 Å². The molecule has 12 heavy (non-hydrogen) atoms. The van der Waals surface area contributed by atoms with E-state index in [1.54, 1.807) is 0 Å². The van der Waals surface area contributed by atoms with E-state index in [2.05, 4.69) is 4.74 Å². The van der Waals surface area contributed by atoms with E-state index in [1.165, 1.54) is 7.11 Å². The Kier molecular flexibility index (Phi) is 1.14. The Hall–Kier alpha value is -1.06. The van der Waals surface area contributed by atoms with Crippen LogP contribution in [0.1, 0.15) is 19.3 Å². The fourth-order valence-corrected chi connectivity index (χ4v) is 2.39. The molecule has 0 aromatic heterocycles. The molecule has 2 atom stereocenters. The lowest BCUT2D eigenvalue weighted by Crippen LogP contribution is -2.42. The molecule has 0 aliphatic heterocycles. The summed E-state index contributed by atoms with van der Waals surface area (Å²) in [5, 5.41) is 0. The molecule has 0 bridgehead atoms. The lowest BCUT2D eigenvalue weighted by molar-refractivity contribution is -0.155. The lowest BCUT2D eigenvalue weighted by atomic mass is 9.73. The molecule has 2 aliphatic rings. The van der Waals surface area contributed by atoms with Crippen LogP contribution in [-0.2, 0) is 14.3 Å². The molecule has 2 saturated carbocycles. The molecule has 0 spiro atoms. The third-order valence-corrected chi connectivity index (χ3v) is 3.42. The Bertz CT molecular complexity index is 275. The summed E-state index contributed by atoms with van der Waals surface area (Å²) in [4.78, 5) is 22.2. The van der Waals surface area contributed by atoms with Gasteiger partial charge < -0.3 is 10.5 Å². The van der Waals surface area contributed by atoms with Gasteiger partial charge in [0, 0.05) is 0 Å². The molecule has 2 N–H and O–H groups in total. The van der Waals surface area contributed by atoms with Crippen LogP contribution in [0.3, 0.4) is 0 Å². The molecule has 4 heteroatoms. The van der Waals surface area contributed by atoms with Crippen molar-refractivity contribution < 1.29 is 14.3 Å². The number of esters is 1. The van der Waals surface area contributed by atoms with E-state index in [-0.39, 0.29) is 11.9 Å². The summed E-state index contributed by atoms with van der Waals surface area (Å²) in [6.07, 6.45) is 2.10. The normalized spacial score (nSPS) is 42.4. The van der Waals surface area contributed by atoms with Crippen molar-refractivity contribution in [2.75, 3.05) is 7.11 Å². The molecule has 1 amide bonds. The number of carbonyl (C=O) groups excluding carboxylic acids is 2. The van der Waals surface area contributed by atoms with Crippen LogP contribution in [0.15, 0.2) is 0 Å². The summed E-state index contributed by atoms with van der Waals surface area (Å²) in [7, 11) is 1.35. The SMILES string of the molecule is COC(=O)C12CCC1(C(N)=O)C2. The van der Waals surface area contributed by atoms with Crippen molar-refractivity contribution in [1.29, 1.82) is 0 Å². The minimum absolute atomic E-state index is 0.271. The van der Waals surface area contributed by atoms with Gasteiger partial charge in [0.1, 0.15) is 0 Å². The summed E-state index contributed by atoms with van der Waals surface area (Å²) in [6.45, 7) is 0. The number of hydrogen-bond acceptors (Lipinski definition) is 3. The Balaban J connectivity index is 2.21. The third kappa shape index (κ3) is 0.519. The molecular weight excluding hydrogens is 158 g/mol. The van der Waals surface area contributed by atoms with Gasteiger partial charge in [0.15, 0.2) is 0 Å². The quantitative estimate of drug-likeness (QED) is 0.583. The van der Waals surface area contributed by atoms with Crippen LogP contribution in [0, 0.1) is 10.8 Å². The number of primary amides is 1. The van der Waals surface area contributed by atoms with E-state index in [4.69, 9.17) is 5.73 Å². The van der Waals surface area contributed by atoms with E-state index in [0.29, 0.717) is 6.42 Å². The molecule has 66 valence electrons. The highest BCUT2D eigenvalue weighted by molar-refractivity contribution is 5.98. The van der Waals surface area contributed by atoms with E-state index >= 15 is 0 Å². The number of amides is 1. The second-order valence-electron chi connectivity index (χ2n) is 3.70. The first kappa shape index (κ1) is 7.58. The zero-order chi connectivity index (χ0) is 8.98. The zero-order valence-corrected chi connectivity index (χ0v) is 6.92. The number of nitrogens with two attached hydrogens (primary N) is 1. The molecule has 4 nitrogen and oxygen atoms in total. The molecule has 2 unspecified atom stereocenters. The van der Waals surface area contributed by atoms with Crippen molar-refractivity contribution in [2.45, 2.75) is 19.3 Å². The minimum atomic E-state index is -0.528. The molecule has 2 aliphatic carbocycles. The van der Waals surface area contributed by atoms with Crippen LogP contribution in [0.4, 0.5) is 0 Å². The lowest BCUT2D eigenvalue weighted by Gasteiger charge is -2.30. The number of methoxy groups -OCH3 is 1. The van der Waals surface area contributed by atoms with Gasteiger partial charge >= 0.3 is 5.97 Å². The first-order chi connectivity index (χ1) is 5.59. The van der Waals surface area contributed by atoms with Crippen molar-refractivity contribution in [2.24, 2.45) is 16.6 Å². The van der Waals surface area contributed by atoms with Crippen molar-refractivity contribution in [1.82, 2.24) is 0 Å². The number of rotatable bonds is 2. The summed E-state index contributed by atoms with van der Waals surface area (Å²) < 4.78 is 4.63. The minimum Gasteiger partial charge on any atom is -0.469 e. The highest BCUT2D eigenvalue weighted by Crippen LogP contribution is 2.77. The predicted molar refractivity (Wildman–Crippen MR) is 39.9 cm³/mol. The number of fused-ring (bicyclic) bond motifs is 1. The van der Waals surface area contributed by atoms with Crippen LogP contribution >= 0.6 is 0 Å². The molecule has 2 fully saturated rings. The van der Waals surface area contributed by atoms with Gasteiger partial charge in [-0.2, -0.15) is 0 Å². The van der Waals surface area contributed by atoms with E-state index < -0.39 is 10.8 Å². The van der Waals surface area contributed by atoms with Gasteiger partial charge in [-0.3, -0.25) is 9.59 Å². The van der Waals surface area contributed by atoms with Gasteiger partial charge in [-0.15, -0.1) is 0 Å². The first-order valence-corrected chi connectivity index (χ1v) is 3.97. The van der Waals surface area contributed by atoms with Crippen molar-refractivity contribution >= 4 is 11.9 Å². The van der Waals surface area contributed by atoms with Crippen molar-refractivity contribution in [3.05, 3.63) is 0 Å². The maximum Gasteiger partial charge on any atom is 0.312 e. The van der Waals surface area contributed by atoms with Gasteiger partial charge in [-0.05, 0) is 19.3 Å². The van der Waals surface area contributed by atoms with Crippen LogP contribution in [0.25, 0.3) is 0 Å². The Morgan fingerprint density at radius 1 is 1.33 bits per heavy atom. The fraction of sp³-hybridized carbons (Fsp3) is 0.750. The van der Waals surface area contributed by atoms with E-state index in [0.717, 1.165) is 12.8 Å². The summed E-state index contributed by atoms with van der Waals surface area (Å²) in [6, 6.07) is 0. The molecular formula is C8H11NO3. The standard InChI is InChI=1S/C8H11NO3/c1-12-6(11)8-3-2-7(8,4-8)5(9)10/h2-4H2,1H3,(H2,9,10). The van der Waals surface area contributed by atoms with E-state index in [1.807, 2.05) is 0 Å². The zero-order valence-electron chi connectivity index (χ0n) is 6.92.